The predicted molar refractivity (Wildman–Crippen MR) is 42.1 cm³/mol. The van der Waals surface area contributed by atoms with Gasteiger partial charge in [0.1, 0.15) is 0 Å². The molecule has 0 spiro atoms. The molecule has 62 valence electrons. The van der Waals surface area contributed by atoms with Crippen molar-refractivity contribution in [3.63, 3.8) is 0 Å². The van der Waals surface area contributed by atoms with Gasteiger partial charge in [-0.05, 0) is 11.6 Å². The SMILES string of the molecule is O=C1Cc2cc(O)c(O)cc2N1. The van der Waals surface area contributed by atoms with Crippen molar-refractivity contribution in [3.8, 4) is 11.5 Å². The number of rotatable bonds is 0. The zero-order chi connectivity index (χ0) is 8.72. The summed E-state index contributed by atoms with van der Waals surface area (Å²) in [6.07, 6.45) is 0.267. The number of nitrogens with one attached hydrogen (secondary N) is 1. The van der Waals surface area contributed by atoms with Gasteiger partial charge in [-0.3, -0.25) is 4.79 Å². The van der Waals surface area contributed by atoms with Gasteiger partial charge in [0.15, 0.2) is 11.5 Å². The summed E-state index contributed by atoms with van der Waals surface area (Å²) in [7, 11) is 0. The fourth-order valence-corrected chi connectivity index (χ4v) is 1.25. The first kappa shape index (κ1) is 6.97. The summed E-state index contributed by atoms with van der Waals surface area (Å²) in [5.74, 6) is -0.517. The van der Waals surface area contributed by atoms with Crippen molar-refractivity contribution in [2.75, 3.05) is 5.32 Å². The lowest BCUT2D eigenvalue weighted by Crippen LogP contribution is -2.03. The van der Waals surface area contributed by atoms with Crippen LogP contribution in [0.25, 0.3) is 0 Å². The molecule has 0 atom stereocenters. The summed E-state index contributed by atoms with van der Waals surface area (Å²) >= 11 is 0. The third-order valence-corrected chi connectivity index (χ3v) is 1.83. The van der Waals surface area contributed by atoms with Crippen LogP contribution in [0.3, 0.4) is 0 Å². The number of carbonyl (C=O) groups excluding carboxylic acids is 1. The van der Waals surface area contributed by atoms with Crippen LogP contribution in [0.1, 0.15) is 5.56 Å². The monoisotopic (exact) mass is 165 g/mol. The van der Waals surface area contributed by atoms with Crippen LogP contribution in [0, 0.1) is 0 Å². The largest absolute Gasteiger partial charge is 0.504 e. The van der Waals surface area contributed by atoms with E-state index in [1.54, 1.807) is 0 Å². The standard InChI is InChI=1S/C8H7NO3/c10-6-1-4-2-8(12)9-5(4)3-7(6)11/h1,3,10-11H,2H2,(H,9,12). The fourth-order valence-electron chi connectivity index (χ4n) is 1.25. The highest BCUT2D eigenvalue weighted by Crippen LogP contribution is 2.34. The molecule has 12 heavy (non-hydrogen) atoms. The first-order valence-corrected chi connectivity index (χ1v) is 3.51. The molecule has 1 heterocycles. The van der Waals surface area contributed by atoms with Crippen LogP contribution < -0.4 is 5.32 Å². The van der Waals surface area contributed by atoms with Crippen LogP contribution in [0.5, 0.6) is 11.5 Å². The van der Waals surface area contributed by atoms with Crippen molar-refractivity contribution in [1.82, 2.24) is 0 Å². The van der Waals surface area contributed by atoms with Crippen molar-refractivity contribution >= 4 is 11.6 Å². The van der Waals surface area contributed by atoms with E-state index in [0.29, 0.717) is 5.69 Å². The van der Waals surface area contributed by atoms with Gasteiger partial charge in [-0.15, -0.1) is 0 Å². The van der Waals surface area contributed by atoms with Gasteiger partial charge in [0.05, 0.1) is 6.42 Å². The molecule has 0 aromatic heterocycles. The summed E-state index contributed by atoms with van der Waals surface area (Å²) in [6.45, 7) is 0. The number of fused-ring (bicyclic) bond motifs is 1. The molecule has 4 nitrogen and oxygen atoms in total. The lowest BCUT2D eigenvalue weighted by Gasteiger charge is -2.00. The van der Waals surface area contributed by atoms with Crippen molar-refractivity contribution < 1.29 is 15.0 Å². The van der Waals surface area contributed by atoms with Gasteiger partial charge in [0.2, 0.25) is 5.91 Å². The van der Waals surface area contributed by atoms with Gasteiger partial charge < -0.3 is 15.5 Å². The Morgan fingerprint density at radius 3 is 2.67 bits per heavy atom. The van der Waals surface area contributed by atoms with E-state index in [-0.39, 0.29) is 23.8 Å². The van der Waals surface area contributed by atoms with Crippen molar-refractivity contribution in [2.45, 2.75) is 6.42 Å². The van der Waals surface area contributed by atoms with E-state index in [9.17, 15) is 4.79 Å². The second-order valence-corrected chi connectivity index (χ2v) is 2.72. The molecular weight excluding hydrogens is 158 g/mol. The summed E-state index contributed by atoms with van der Waals surface area (Å²) in [5, 5.41) is 20.7. The Balaban J connectivity index is 2.55. The maximum atomic E-state index is 10.8. The van der Waals surface area contributed by atoms with Gasteiger partial charge in [0, 0.05) is 11.8 Å². The van der Waals surface area contributed by atoms with Crippen LogP contribution in [-0.4, -0.2) is 16.1 Å². The molecule has 1 aromatic carbocycles. The summed E-state index contributed by atoms with van der Waals surface area (Å²) in [4.78, 5) is 10.8. The maximum Gasteiger partial charge on any atom is 0.228 e. The molecule has 0 saturated carbocycles. The van der Waals surface area contributed by atoms with Crippen LogP contribution in [0.4, 0.5) is 5.69 Å². The number of hydrogen-bond donors (Lipinski definition) is 3. The molecule has 1 aromatic rings. The highest BCUT2D eigenvalue weighted by Gasteiger charge is 2.19. The van der Waals surface area contributed by atoms with Crippen molar-refractivity contribution in [2.24, 2.45) is 0 Å². The molecular formula is C8H7NO3. The van der Waals surface area contributed by atoms with Crippen LogP contribution in [0.2, 0.25) is 0 Å². The molecule has 1 aliphatic heterocycles. The smallest absolute Gasteiger partial charge is 0.228 e. The highest BCUT2D eigenvalue weighted by atomic mass is 16.3. The van der Waals surface area contributed by atoms with E-state index in [0.717, 1.165) is 5.56 Å². The quantitative estimate of drug-likeness (QED) is 0.389. The van der Waals surface area contributed by atoms with Crippen molar-refractivity contribution in [1.29, 1.82) is 0 Å². The number of phenolic OH excluding ortho intramolecular Hbond substituents is 2. The number of aromatic hydroxyl groups is 2. The molecule has 2 rings (SSSR count). The van der Waals surface area contributed by atoms with E-state index >= 15 is 0 Å². The molecule has 0 fully saturated rings. The van der Waals surface area contributed by atoms with Gasteiger partial charge in [-0.1, -0.05) is 0 Å². The number of benzene rings is 1. The number of phenols is 2. The van der Waals surface area contributed by atoms with Gasteiger partial charge >= 0.3 is 0 Å². The number of carbonyl (C=O) groups is 1. The number of anilines is 1. The fraction of sp³-hybridized carbons (Fsp3) is 0.125. The third kappa shape index (κ3) is 0.887. The third-order valence-electron chi connectivity index (χ3n) is 1.83. The van der Waals surface area contributed by atoms with Gasteiger partial charge in [0.25, 0.3) is 0 Å². The molecule has 4 heteroatoms. The number of amides is 1. The Labute approximate surface area is 68.5 Å². The highest BCUT2D eigenvalue weighted by molar-refractivity contribution is 5.99. The Morgan fingerprint density at radius 1 is 1.25 bits per heavy atom. The van der Waals surface area contributed by atoms with Crippen LogP contribution >= 0.6 is 0 Å². The summed E-state index contributed by atoms with van der Waals surface area (Å²) in [5.41, 5.74) is 1.30. The Hall–Kier alpha value is -1.71. The average molecular weight is 165 g/mol. The first-order chi connectivity index (χ1) is 5.66. The minimum absolute atomic E-state index is 0.116. The van der Waals surface area contributed by atoms with Crippen LogP contribution in [-0.2, 0) is 11.2 Å². The first-order valence-electron chi connectivity index (χ1n) is 3.51. The van der Waals surface area contributed by atoms with E-state index in [1.165, 1.54) is 12.1 Å². The molecule has 1 amide bonds. The minimum Gasteiger partial charge on any atom is -0.504 e. The zero-order valence-corrected chi connectivity index (χ0v) is 6.16. The maximum absolute atomic E-state index is 10.8. The van der Waals surface area contributed by atoms with Crippen LogP contribution in [0.15, 0.2) is 12.1 Å². The average Bonchev–Trinajstić information content (AvgIpc) is 2.30. The molecule has 0 radical (unpaired) electrons. The summed E-state index contributed by atoms with van der Waals surface area (Å²) < 4.78 is 0. The second-order valence-electron chi connectivity index (χ2n) is 2.72. The molecule has 3 N–H and O–H groups in total. The molecule has 0 aliphatic carbocycles. The van der Waals surface area contributed by atoms with Gasteiger partial charge in [-0.2, -0.15) is 0 Å². The Kier molecular flexibility index (Phi) is 1.24. The van der Waals surface area contributed by atoms with E-state index in [2.05, 4.69) is 5.32 Å². The lowest BCUT2D eigenvalue weighted by molar-refractivity contribution is -0.115. The summed E-state index contributed by atoms with van der Waals surface area (Å²) in [6, 6.07) is 2.73. The van der Waals surface area contributed by atoms with Crippen molar-refractivity contribution in [3.05, 3.63) is 17.7 Å². The normalized spacial score (nSPS) is 14.2. The topological polar surface area (TPSA) is 69.6 Å². The van der Waals surface area contributed by atoms with E-state index in [4.69, 9.17) is 10.2 Å². The number of hydrogen-bond acceptors (Lipinski definition) is 3. The Morgan fingerprint density at radius 2 is 1.92 bits per heavy atom. The second kappa shape index (κ2) is 2.14. The molecule has 0 unspecified atom stereocenters. The predicted octanol–water partition coefficient (Wildman–Crippen LogP) is 0.592. The molecule has 0 bridgehead atoms. The molecule has 1 aliphatic rings. The Bertz CT molecular complexity index is 327. The van der Waals surface area contributed by atoms with E-state index in [1.807, 2.05) is 0 Å². The lowest BCUT2D eigenvalue weighted by atomic mass is 10.1. The minimum atomic E-state index is -0.212. The zero-order valence-electron chi connectivity index (χ0n) is 6.16. The molecule has 0 saturated heterocycles. The van der Waals surface area contributed by atoms with Gasteiger partial charge in [-0.25, -0.2) is 0 Å². The van der Waals surface area contributed by atoms with E-state index < -0.39 is 0 Å².